The Morgan fingerprint density at radius 1 is 1.03 bits per heavy atom. The van der Waals surface area contributed by atoms with Gasteiger partial charge in [-0.1, -0.05) is 26.0 Å². The first kappa shape index (κ1) is 29.4. The van der Waals surface area contributed by atoms with E-state index in [9.17, 15) is 29.4 Å². The summed E-state index contributed by atoms with van der Waals surface area (Å²) in [6.07, 6.45) is 4.20. The fourth-order valence-corrected chi connectivity index (χ4v) is 4.47. The monoisotopic (exact) mass is 522 g/mol. The second kappa shape index (κ2) is 14.7. The van der Waals surface area contributed by atoms with Crippen LogP contribution in [0.2, 0.25) is 0 Å². The number of amides is 3. The first-order valence-electron chi connectivity index (χ1n) is 12.2. The van der Waals surface area contributed by atoms with Crippen molar-refractivity contribution in [2.24, 2.45) is 5.92 Å². The second-order valence-corrected chi connectivity index (χ2v) is 10.4. The Morgan fingerprint density at radius 2 is 1.67 bits per heavy atom. The van der Waals surface area contributed by atoms with Gasteiger partial charge < -0.3 is 31.5 Å². The lowest BCUT2D eigenvalue weighted by Gasteiger charge is -2.26. The van der Waals surface area contributed by atoms with Crippen molar-refractivity contribution in [1.82, 2.24) is 21.3 Å². The Labute approximate surface area is 216 Å². The molecule has 1 aliphatic heterocycles. The van der Waals surface area contributed by atoms with Crippen LogP contribution < -0.4 is 21.3 Å². The van der Waals surface area contributed by atoms with Gasteiger partial charge in [-0.3, -0.25) is 14.4 Å². The van der Waals surface area contributed by atoms with E-state index in [0.29, 0.717) is 30.6 Å². The Balaban J connectivity index is 2.10. The molecule has 200 valence electrons. The Kier molecular flexibility index (Phi) is 12.0. The topological polar surface area (TPSA) is 157 Å². The summed E-state index contributed by atoms with van der Waals surface area (Å²) in [5.74, 6) is -1.77. The average Bonchev–Trinajstić information content (AvgIpc) is 3.37. The number of carbonyl (C=O) groups excluding carboxylic acids is 3. The van der Waals surface area contributed by atoms with Gasteiger partial charge in [0.1, 0.15) is 23.9 Å². The van der Waals surface area contributed by atoms with Gasteiger partial charge in [0.2, 0.25) is 17.7 Å². The number of hydrogen-bond acceptors (Lipinski definition) is 7. The predicted octanol–water partition coefficient (Wildman–Crippen LogP) is 1.02. The molecule has 4 atom stereocenters. The lowest BCUT2D eigenvalue weighted by atomic mass is 10.0. The van der Waals surface area contributed by atoms with Crippen molar-refractivity contribution in [3.05, 3.63) is 29.8 Å². The van der Waals surface area contributed by atoms with Crippen molar-refractivity contribution in [3.63, 3.8) is 0 Å². The zero-order chi connectivity index (χ0) is 26.7. The number of rotatable bonds is 14. The molecule has 1 fully saturated rings. The van der Waals surface area contributed by atoms with Crippen molar-refractivity contribution in [2.45, 2.75) is 70.1 Å². The maximum absolute atomic E-state index is 13.2. The summed E-state index contributed by atoms with van der Waals surface area (Å²) in [7, 11) is 0. The smallest absolute Gasteiger partial charge is 0.326 e. The van der Waals surface area contributed by atoms with Gasteiger partial charge in [-0.05, 0) is 67.9 Å². The van der Waals surface area contributed by atoms with Crippen LogP contribution in [0.5, 0.6) is 5.75 Å². The molecule has 3 amide bonds. The number of benzene rings is 1. The van der Waals surface area contributed by atoms with Crippen molar-refractivity contribution in [2.75, 3.05) is 18.6 Å². The van der Waals surface area contributed by atoms with E-state index in [0.717, 1.165) is 13.0 Å². The summed E-state index contributed by atoms with van der Waals surface area (Å²) in [6, 6.07) is 2.75. The predicted molar refractivity (Wildman–Crippen MR) is 139 cm³/mol. The highest BCUT2D eigenvalue weighted by Crippen LogP contribution is 2.13. The Hall–Kier alpha value is -2.79. The molecule has 4 unspecified atom stereocenters. The number of carbonyl (C=O) groups is 4. The van der Waals surface area contributed by atoms with Gasteiger partial charge in [-0.2, -0.15) is 11.8 Å². The largest absolute Gasteiger partial charge is 0.508 e. The summed E-state index contributed by atoms with van der Waals surface area (Å²) < 4.78 is 0. The zero-order valence-corrected chi connectivity index (χ0v) is 21.9. The number of aromatic hydroxyl groups is 1. The van der Waals surface area contributed by atoms with Gasteiger partial charge in [0.15, 0.2) is 0 Å². The summed E-state index contributed by atoms with van der Waals surface area (Å²) in [5, 5.41) is 30.3. The number of hydrogen-bond donors (Lipinski definition) is 6. The van der Waals surface area contributed by atoms with Gasteiger partial charge in [0, 0.05) is 6.42 Å². The minimum atomic E-state index is -1.21. The van der Waals surface area contributed by atoms with Gasteiger partial charge in [0.25, 0.3) is 0 Å². The molecule has 11 heteroatoms. The molecule has 0 spiro atoms. The average molecular weight is 523 g/mol. The highest BCUT2D eigenvalue weighted by Gasteiger charge is 2.31. The van der Waals surface area contributed by atoms with E-state index in [1.54, 1.807) is 12.1 Å². The van der Waals surface area contributed by atoms with Gasteiger partial charge in [-0.15, -0.1) is 0 Å². The van der Waals surface area contributed by atoms with E-state index < -0.39 is 35.9 Å². The molecule has 1 aromatic rings. The summed E-state index contributed by atoms with van der Waals surface area (Å²) >= 11 is 1.50. The molecular weight excluding hydrogens is 484 g/mol. The highest BCUT2D eigenvalue weighted by atomic mass is 32.2. The number of aliphatic carboxylic acids is 1. The quantitative estimate of drug-likeness (QED) is 0.211. The van der Waals surface area contributed by atoms with Gasteiger partial charge in [0.05, 0.1) is 6.04 Å². The minimum absolute atomic E-state index is 0.0188. The molecule has 0 radical (unpaired) electrons. The fraction of sp³-hybridized carbons (Fsp3) is 0.600. The lowest BCUT2D eigenvalue weighted by molar-refractivity contribution is -0.142. The lowest BCUT2D eigenvalue weighted by Crippen LogP contribution is -2.57. The molecule has 1 saturated heterocycles. The Morgan fingerprint density at radius 3 is 2.22 bits per heavy atom. The summed E-state index contributed by atoms with van der Waals surface area (Å²) in [6.45, 7) is 4.64. The summed E-state index contributed by atoms with van der Waals surface area (Å²) in [5.41, 5.74) is 0.630. The van der Waals surface area contributed by atoms with Crippen LogP contribution in [-0.2, 0) is 25.6 Å². The van der Waals surface area contributed by atoms with Crippen LogP contribution in [0.4, 0.5) is 0 Å². The first-order chi connectivity index (χ1) is 17.1. The van der Waals surface area contributed by atoms with E-state index in [1.165, 1.54) is 23.9 Å². The number of phenolic OH excluding ortho intramolecular Hbond substituents is 1. The van der Waals surface area contributed by atoms with Gasteiger partial charge >= 0.3 is 5.97 Å². The van der Waals surface area contributed by atoms with E-state index in [4.69, 9.17) is 0 Å². The number of carboxylic acid groups (broad SMARTS) is 1. The third kappa shape index (κ3) is 9.69. The number of nitrogens with one attached hydrogen (secondary N) is 4. The van der Waals surface area contributed by atoms with Crippen LogP contribution >= 0.6 is 11.8 Å². The van der Waals surface area contributed by atoms with Crippen LogP contribution in [0, 0.1) is 5.92 Å². The molecule has 10 nitrogen and oxygen atoms in total. The van der Waals surface area contributed by atoms with Crippen LogP contribution in [0.1, 0.15) is 45.1 Å². The SMILES string of the molecule is CSCCC(NC(=O)C(CC(C)C)NC(=O)C1CCCN1)C(=O)NC(Cc1ccc(O)cc1)C(=O)O. The zero-order valence-electron chi connectivity index (χ0n) is 21.1. The van der Waals surface area contributed by atoms with Crippen LogP contribution in [0.3, 0.4) is 0 Å². The first-order valence-corrected chi connectivity index (χ1v) is 13.6. The molecule has 6 N–H and O–H groups in total. The van der Waals surface area contributed by atoms with E-state index in [-0.39, 0.29) is 30.0 Å². The van der Waals surface area contributed by atoms with E-state index >= 15 is 0 Å². The third-order valence-electron chi connectivity index (χ3n) is 5.95. The van der Waals surface area contributed by atoms with E-state index in [1.807, 2.05) is 20.1 Å². The molecule has 0 bridgehead atoms. The number of thioether (sulfide) groups is 1. The standard InChI is InChI=1S/C25H38N4O6S/c1-15(2)13-20(28-22(31)18-5-4-11-26-18)24(33)27-19(10-12-36-3)23(32)29-21(25(34)35)14-16-6-8-17(30)9-7-16/h6-9,15,18-21,26,30H,4-5,10-14H2,1-3H3,(H,27,33)(H,28,31)(H,29,32)(H,34,35). The highest BCUT2D eigenvalue weighted by molar-refractivity contribution is 7.98. The van der Waals surface area contributed by atoms with Crippen molar-refractivity contribution in [1.29, 1.82) is 0 Å². The van der Waals surface area contributed by atoms with Crippen molar-refractivity contribution >= 4 is 35.5 Å². The summed E-state index contributed by atoms with van der Waals surface area (Å²) in [4.78, 5) is 50.7. The molecule has 1 heterocycles. The molecular formula is C25H38N4O6S. The molecule has 1 aromatic carbocycles. The number of phenols is 1. The Bertz CT molecular complexity index is 889. The molecule has 0 aromatic heterocycles. The molecule has 2 rings (SSSR count). The molecule has 1 aliphatic rings. The van der Waals surface area contributed by atoms with Crippen molar-refractivity contribution < 1.29 is 29.4 Å². The van der Waals surface area contributed by atoms with Crippen LogP contribution in [0.15, 0.2) is 24.3 Å². The van der Waals surface area contributed by atoms with E-state index in [2.05, 4.69) is 21.3 Å². The van der Waals surface area contributed by atoms with Crippen LogP contribution in [0.25, 0.3) is 0 Å². The molecule has 0 saturated carbocycles. The fourth-order valence-electron chi connectivity index (χ4n) is 4.00. The number of carboxylic acids is 1. The third-order valence-corrected chi connectivity index (χ3v) is 6.60. The van der Waals surface area contributed by atoms with Gasteiger partial charge in [-0.25, -0.2) is 4.79 Å². The molecule has 0 aliphatic carbocycles. The normalized spacial score (nSPS) is 17.7. The maximum Gasteiger partial charge on any atom is 0.326 e. The maximum atomic E-state index is 13.2. The van der Waals surface area contributed by atoms with Crippen LogP contribution in [-0.4, -0.2) is 76.6 Å². The van der Waals surface area contributed by atoms with Crippen molar-refractivity contribution in [3.8, 4) is 5.75 Å². The minimum Gasteiger partial charge on any atom is -0.508 e. The second-order valence-electron chi connectivity index (χ2n) is 9.45. The molecule has 36 heavy (non-hydrogen) atoms.